The molecule has 0 aromatic heterocycles. The second-order valence-corrected chi connectivity index (χ2v) is 13.6. The Morgan fingerprint density at radius 3 is 2.58 bits per heavy atom. The minimum atomic E-state index is -4.26. The quantitative estimate of drug-likeness (QED) is 0.312. The van der Waals surface area contributed by atoms with E-state index >= 15 is 0 Å². The topological polar surface area (TPSA) is 47.7 Å². The largest absolute Gasteiger partial charge is 0.467 e. The SMILES string of the molecule is C[Si](C)(C)CCOCOc1ccc(N2CCCCC2C(F)(F)F)c(N)c1. The van der Waals surface area contributed by atoms with Crippen LogP contribution < -0.4 is 15.4 Å². The van der Waals surface area contributed by atoms with E-state index in [0.717, 1.165) is 12.5 Å². The third-order valence-corrected chi connectivity index (χ3v) is 6.20. The van der Waals surface area contributed by atoms with E-state index in [-0.39, 0.29) is 13.2 Å². The third kappa shape index (κ3) is 6.09. The molecule has 1 saturated heterocycles. The van der Waals surface area contributed by atoms with Crippen molar-refractivity contribution in [1.82, 2.24) is 0 Å². The standard InChI is InChI=1S/C18H29F3N2O2Si/c1-26(2,3)11-10-24-13-25-14-7-8-16(15(22)12-14)23-9-5-4-6-17(23)18(19,20)21/h7-8,12,17H,4-6,9-11,13,22H2,1-3H3. The average Bonchev–Trinajstić information content (AvgIpc) is 2.53. The van der Waals surface area contributed by atoms with E-state index in [1.807, 2.05) is 0 Å². The van der Waals surface area contributed by atoms with Gasteiger partial charge in [0, 0.05) is 27.3 Å². The second kappa shape index (κ2) is 8.52. The van der Waals surface area contributed by atoms with Crippen molar-refractivity contribution in [1.29, 1.82) is 0 Å². The number of rotatable bonds is 7. The molecule has 0 spiro atoms. The molecule has 1 aliphatic heterocycles. The molecule has 0 saturated carbocycles. The molecular formula is C18H29F3N2O2Si. The molecule has 1 unspecified atom stereocenters. The van der Waals surface area contributed by atoms with Crippen LogP contribution in [0, 0.1) is 0 Å². The van der Waals surface area contributed by atoms with Crippen molar-refractivity contribution in [3.8, 4) is 5.75 Å². The summed E-state index contributed by atoms with van der Waals surface area (Å²) in [6.07, 6.45) is -2.84. The number of halogens is 3. The maximum atomic E-state index is 13.3. The Morgan fingerprint density at radius 2 is 1.96 bits per heavy atom. The lowest BCUT2D eigenvalue weighted by atomic mass is 10.0. The van der Waals surface area contributed by atoms with Gasteiger partial charge in [-0.15, -0.1) is 0 Å². The maximum Gasteiger partial charge on any atom is 0.408 e. The van der Waals surface area contributed by atoms with Gasteiger partial charge in [-0.05, 0) is 37.4 Å². The fourth-order valence-electron chi connectivity index (χ4n) is 2.99. The van der Waals surface area contributed by atoms with Gasteiger partial charge < -0.3 is 20.1 Å². The molecule has 0 amide bonds. The van der Waals surface area contributed by atoms with Gasteiger partial charge in [0.2, 0.25) is 0 Å². The highest BCUT2D eigenvalue weighted by molar-refractivity contribution is 6.76. The predicted octanol–water partition coefficient (Wildman–Crippen LogP) is 4.88. The minimum Gasteiger partial charge on any atom is -0.467 e. The van der Waals surface area contributed by atoms with E-state index in [9.17, 15) is 13.2 Å². The molecule has 1 heterocycles. The molecule has 4 nitrogen and oxygen atoms in total. The molecule has 26 heavy (non-hydrogen) atoms. The Bertz CT molecular complexity index is 591. The number of nitrogens with zero attached hydrogens (tertiary/aromatic N) is 1. The monoisotopic (exact) mass is 390 g/mol. The first-order valence-electron chi connectivity index (χ1n) is 9.01. The van der Waals surface area contributed by atoms with Gasteiger partial charge in [0.1, 0.15) is 11.8 Å². The number of benzene rings is 1. The van der Waals surface area contributed by atoms with Crippen molar-refractivity contribution >= 4 is 19.4 Å². The van der Waals surface area contributed by atoms with Crippen LogP contribution in [0.15, 0.2) is 18.2 Å². The van der Waals surface area contributed by atoms with Crippen LogP contribution >= 0.6 is 0 Å². The number of hydrogen-bond donors (Lipinski definition) is 1. The predicted molar refractivity (Wildman–Crippen MR) is 101 cm³/mol. The van der Waals surface area contributed by atoms with E-state index in [2.05, 4.69) is 19.6 Å². The molecular weight excluding hydrogens is 361 g/mol. The van der Waals surface area contributed by atoms with Gasteiger partial charge in [-0.25, -0.2) is 0 Å². The summed E-state index contributed by atoms with van der Waals surface area (Å²) in [5.41, 5.74) is 6.73. The van der Waals surface area contributed by atoms with Gasteiger partial charge in [-0.3, -0.25) is 0 Å². The van der Waals surface area contributed by atoms with Gasteiger partial charge in [0.05, 0.1) is 11.4 Å². The fraction of sp³-hybridized carbons (Fsp3) is 0.667. The van der Waals surface area contributed by atoms with Gasteiger partial charge in [0.15, 0.2) is 6.79 Å². The summed E-state index contributed by atoms with van der Waals surface area (Å²) in [7, 11) is -1.14. The zero-order chi connectivity index (χ0) is 19.4. The van der Waals surface area contributed by atoms with Crippen LogP contribution in [0.2, 0.25) is 25.7 Å². The summed E-state index contributed by atoms with van der Waals surface area (Å²) in [6, 6.07) is 4.40. The summed E-state index contributed by atoms with van der Waals surface area (Å²) in [6.45, 7) is 7.92. The highest BCUT2D eigenvalue weighted by Crippen LogP contribution is 2.38. The zero-order valence-corrected chi connectivity index (χ0v) is 16.7. The second-order valence-electron chi connectivity index (χ2n) is 7.95. The van der Waals surface area contributed by atoms with Crippen LogP contribution in [-0.2, 0) is 4.74 Å². The number of nitrogen functional groups attached to an aromatic ring is 1. The van der Waals surface area contributed by atoms with E-state index in [1.165, 1.54) is 4.90 Å². The van der Waals surface area contributed by atoms with Crippen molar-refractivity contribution in [2.45, 2.75) is 57.2 Å². The zero-order valence-electron chi connectivity index (χ0n) is 15.7. The lowest BCUT2D eigenvalue weighted by Crippen LogP contribution is -2.49. The highest BCUT2D eigenvalue weighted by atomic mass is 28.3. The van der Waals surface area contributed by atoms with E-state index in [0.29, 0.717) is 36.7 Å². The summed E-state index contributed by atoms with van der Waals surface area (Å²) < 4.78 is 50.9. The molecule has 0 aliphatic carbocycles. The summed E-state index contributed by atoms with van der Waals surface area (Å²) in [5, 5.41) is 0. The molecule has 148 valence electrons. The van der Waals surface area contributed by atoms with Crippen molar-refractivity contribution in [3.05, 3.63) is 18.2 Å². The summed E-state index contributed by atoms with van der Waals surface area (Å²) in [4.78, 5) is 1.37. The Morgan fingerprint density at radius 1 is 1.23 bits per heavy atom. The Balaban J connectivity index is 1.96. The summed E-state index contributed by atoms with van der Waals surface area (Å²) >= 11 is 0. The van der Waals surface area contributed by atoms with Crippen molar-refractivity contribution in [3.63, 3.8) is 0 Å². The van der Waals surface area contributed by atoms with Gasteiger partial charge in [-0.1, -0.05) is 19.6 Å². The number of ether oxygens (including phenoxy) is 2. The molecule has 1 aromatic rings. The van der Waals surface area contributed by atoms with Gasteiger partial charge >= 0.3 is 6.18 Å². The van der Waals surface area contributed by atoms with Crippen LogP contribution in [0.3, 0.4) is 0 Å². The molecule has 8 heteroatoms. The lowest BCUT2D eigenvalue weighted by molar-refractivity contribution is -0.152. The van der Waals surface area contributed by atoms with E-state index < -0.39 is 20.3 Å². The van der Waals surface area contributed by atoms with Gasteiger partial charge in [0.25, 0.3) is 0 Å². The Kier molecular flexibility index (Phi) is 6.84. The van der Waals surface area contributed by atoms with E-state index in [4.69, 9.17) is 15.2 Å². The number of piperidine rings is 1. The third-order valence-electron chi connectivity index (χ3n) is 4.49. The number of anilines is 2. The molecule has 1 atom stereocenters. The Labute approximate surface area is 154 Å². The molecule has 2 rings (SSSR count). The van der Waals surface area contributed by atoms with Crippen LogP contribution in [0.5, 0.6) is 5.75 Å². The average molecular weight is 391 g/mol. The van der Waals surface area contributed by atoms with Crippen molar-refractivity contribution in [2.75, 3.05) is 30.6 Å². The van der Waals surface area contributed by atoms with Crippen LogP contribution in [0.4, 0.5) is 24.5 Å². The van der Waals surface area contributed by atoms with Gasteiger partial charge in [-0.2, -0.15) is 13.2 Å². The van der Waals surface area contributed by atoms with Crippen molar-refractivity contribution in [2.24, 2.45) is 0 Å². The molecule has 1 fully saturated rings. The molecule has 1 aromatic carbocycles. The minimum absolute atomic E-state index is 0.103. The molecule has 0 radical (unpaired) electrons. The molecule has 1 aliphatic rings. The first-order valence-corrected chi connectivity index (χ1v) is 12.7. The summed E-state index contributed by atoms with van der Waals surface area (Å²) in [5.74, 6) is 0.500. The van der Waals surface area contributed by atoms with E-state index in [1.54, 1.807) is 18.2 Å². The van der Waals surface area contributed by atoms with Crippen LogP contribution in [-0.4, -0.2) is 40.2 Å². The van der Waals surface area contributed by atoms with Crippen LogP contribution in [0.1, 0.15) is 19.3 Å². The Hall–Kier alpha value is -1.41. The lowest BCUT2D eigenvalue weighted by Gasteiger charge is -2.39. The highest BCUT2D eigenvalue weighted by Gasteiger charge is 2.44. The smallest absolute Gasteiger partial charge is 0.408 e. The number of alkyl halides is 3. The number of nitrogens with two attached hydrogens (primary N) is 1. The molecule has 0 bridgehead atoms. The number of hydrogen-bond acceptors (Lipinski definition) is 4. The van der Waals surface area contributed by atoms with Crippen LogP contribution in [0.25, 0.3) is 0 Å². The van der Waals surface area contributed by atoms with Crippen molar-refractivity contribution < 1.29 is 22.6 Å². The first kappa shape index (κ1) is 20.9. The molecule has 2 N–H and O–H groups in total. The fourth-order valence-corrected chi connectivity index (χ4v) is 3.75. The first-order chi connectivity index (χ1) is 12.1. The normalized spacial score (nSPS) is 18.8. The maximum absolute atomic E-state index is 13.3.